The van der Waals surface area contributed by atoms with Crippen LogP contribution in [-0.4, -0.2) is 28.5 Å². The second-order valence-corrected chi connectivity index (χ2v) is 8.58. The average Bonchev–Trinajstić information content (AvgIpc) is 2.74. The van der Waals surface area contributed by atoms with Crippen LogP contribution in [0.25, 0.3) is 0 Å². The summed E-state index contributed by atoms with van der Waals surface area (Å²) in [5.41, 5.74) is 1.88. The Morgan fingerprint density at radius 2 is 1.63 bits per heavy atom. The summed E-state index contributed by atoms with van der Waals surface area (Å²) in [6, 6.07) is 16.3. The molecule has 8 heteroatoms. The lowest BCUT2D eigenvalue weighted by Gasteiger charge is -2.22. The number of halogens is 1. The number of hydrogen-bond acceptors (Lipinski definition) is 4. The molecule has 6 nitrogen and oxygen atoms in total. The van der Waals surface area contributed by atoms with E-state index in [0.29, 0.717) is 28.3 Å². The lowest BCUT2D eigenvalue weighted by Crippen LogP contribution is -2.27. The number of ether oxygens (including phenoxy) is 1. The van der Waals surface area contributed by atoms with Gasteiger partial charge >= 0.3 is 0 Å². The molecule has 1 N–H and O–H groups in total. The minimum absolute atomic E-state index is 0.128. The van der Waals surface area contributed by atoms with Gasteiger partial charge < -0.3 is 10.1 Å². The van der Waals surface area contributed by atoms with Crippen molar-refractivity contribution in [3.05, 3.63) is 83.7 Å². The second-order valence-electron chi connectivity index (χ2n) is 6.61. The third-order valence-electron chi connectivity index (χ3n) is 4.62. The minimum atomic E-state index is -3.78. The summed E-state index contributed by atoms with van der Waals surface area (Å²) in [6.07, 6.45) is 0. The van der Waals surface area contributed by atoms with E-state index in [4.69, 9.17) is 4.74 Å². The molecular formula is C22H21FN2O4S. The predicted molar refractivity (Wildman–Crippen MR) is 114 cm³/mol. The first kappa shape index (κ1) is 21.3. The highest BCUT2D eigenvalue weighted by atomic mass is 32.2. The highest BCUT2D eigenvalue weighted by Gasteiger charge is 2.23. The number of sulfonamides is 1. The van der Waals surface area contributed by atoms with E-state index in [0.717, 1.165) is 0 Å². The number of amides is 1. The SMILES string of the molecule is COc1ccc(S(=O)(=O)N(C)c2ccc(C(=O)Nc3ccc(F)cc3)cc2C)cc1. The zero-order chi connectivity index (χ0) is 21.9. The van der Waals surface area contributed by atoms with Crippen molar-refractivity contribution in [1.29, 1.82) is 0 Å². The Morgan fingerprint density at radius 1 is 1.00 bits per heavy atom. The van der Waals surface area contributed by atoms with Gasteiger partial charge in [-0.05, 0) is 79.2 Å². The number of anilines is 2. The van der Waals surface area contributed by atoms with Gasteiger partial charge in [0.2, 0.25) is 0 Å². The average molecular weight is 428 g/mol. The van der Waals surface area contributed by atoms with Crippen molar-refractivity contribution >= 4 is 27.3 Å². The Labute approximate surface area is 175 Å². The number of nitrogens with zero attached hydrogens (tertiary/aromatic N) is 1. The van der Waals surface area contributed by atoms with Gasteiger partial charge in [-0.15, -0.1) is 0 Å². The molecule has 156 valence electrons. The second kappa shape index (κ2) is 8.54. The van der Waals surface area contributed by atoms with E-state index in [1.54, 1.807) is 37.3 Å². The van der Waals surface area contributed by atoms with Crippen LogP contribution in [0.15, 0.2) is 71.6 Å². The maximum Gasteiger partial charge on any atom is 0.264 e. The van der Waals surface area contributed by atoms with Crippen LogP contribution in [0, 0.1) is 12.7 Å². The van der Waals surface area contributed by atoms with Crippen molar-refractivity contribution in [2.75, 3.05) is 23.8 Å². The number of aryl methyl sites for hydroxylation is 1. The topological polar surface area (TPSA) is 75.7 Å². The largest absolute Gasteiger partial charge is 0.497 e. The Hall–Kier alpha value is -3.39. The summed E-state index contributed by atoms with van der Waals surface area (Å²) >= 11 is 0. The molecule has 3 rings (SSSR count). The number of benzene rings is 3. The van der Waals surface area contributed by atoms with Gasteiger partial charge in [-0.3, -0.25) is 9.10 Å². The van der Waals surface area contributed by atoms with Gasteiger partial charge in [-0.1, -0.05) is 0 Å². The minimum Gasteiger partial charge on any atom is -0.497 e. The van der Waals surface area contributed by atoms with E-state index < -0.39 is 15.8 Å². The number of hydrogen-bond donors (Lipinski definition) is 1. The Balaban J connectivity index is 1.82. The first-order valence-electron chi connectivity index (χ1n) is 9.03. The van der Waals surface area contributed by atoms with Gasteiger partial charge in [0.05, 0.1) is 17.7 Å². The van der Waals surface area contributed by atoms with Crippen molar-refractivity contribution in [1.82, 2.24) is 0 Å². The smallest absolute Gasteiger partial charge is 0.264 e. The summed E-state index contributed by atoms with van der Waals surface area (Å²) in [5, 5.41) is 2.68. The van der Waals surface area contributed by atoms with Crippen molar-refractivity contribution in [3.8, 4) is 5.75 Å². The number of rotatable bonds is 6. The van der Waals surface area contributed by atoms with E-state index >= 15 is 0 Å². The number of carbonyl (C=O) groups excluding carboxylic acids is 1. The molecular weight excluding hydrogens is 407 g/mol. The number of nitrogens with one attached hydrogen (secondary N) is 1. The van der Waals surface area contributed by atoms with Crippen LogP contribution in [0.4, 0.5) is 15.8 Å². The van der Waals surface area contributed by atoms with Crippen molar-refractivity contribution < 1.29 is 22.3 Å². The molecule has 0 radical (unpaired) electrons. The molecule has 0 fully saturated rings. The molecule has 0 saturated heterocycles. The van der Waals surface area contributed by atoms with Gasteiger partial charge in [0, 0.05) is 18.3 Å². The Morgan fingerprint density at radius 3 is 2.20 bits per heavy atom. The van der Waals surface area contributed by atoms with Crippen molar-refractivity contribution in [2.24, 2.45) is 0 Å². The van der Waals surface area contributed by atoms with Gasteiger partial charge in [0.15, 0.2) is 0 Å². The third kappa shape index (κ3) is 4.44. The number of carbonyl (C=O) groups is 1. The van der Waals surface area contributed by atoms with Crippen LogP contribution in [-0.2, 0) is 10.0 Å². The van der Waals surface area contributed by atoms with E-state index in [2.05, 4.69) is 5.32 Å². The van der Waals surface area contributed by atoms with Crippen molar-refractivity contribution in [2.45, 2.75) is 11.8 Å². The molecule has 1 amide bonds. The fourth-order valence-electron chi connectivity index (χ4n) is 2.92. The van der Waals surface area contributed by atoms with E-state index in [1.807, 2.05) is 0 Å². The lowest BCUT2D eigenvalue weighted by molar-refractivity contribution is 0.102. The molecule has 0 aliphatic heterocycles. The maximum atomic E-state index is 13.0. The predicted octanol–water partition coefficient (Wildman–Crippen LogP) is 4.22. The summed E-state index contributed by atoms with van der Waals surface area (Å²) in [6.45, 7) is 1.73. The molecule has 0 unspecified atom stereocenters. The van der Waals surface area contributed by atoms with Gasteiger partial charge in [-0.2, -0.15) is 0 Å². The van der Waals surface area contributed by atoms with E-state index in [9.17, 15) is 17.6 Å². The summed E-state index contributed by atoms with van der Waals surface area (Å²) < 4.78 is 45.1. The maximum absolute atomic E-state index is 13.0. The van der Waals surface area contributed by atoms with Gasteiger partial charge in [-0.25, -0.2) is 12.8 Å². The molecule has 3 aromatic rings. The highest BCUT2D eigenvalue weighted by Crippen LogP contribution is 2.27. The van der Waals surface area contributed by atoms with Crippen LogP contribution >= 0.6 is 0 Å². The van der Waals surface area contributed by atoms with Gasteiger partial charge in [0.25, 0.3) is 15.9 Å². The molecule has 0 aromatic heterocycles. The van der Waals surface area contributed by atoms with E-state index in [1.165, 1.54) is 54.9 Å². The molecule has 0 bridgehead atoms. The molecule has 0 aliphatic rings. The van der Waals surface area contributed by atoms with Crippen LogP contribution in [0.2, 0.25) is 0 Å². The molecule has 0 aliphatic carbocycles. The zero-order valence-electron chi connectivity index (χ0n) is 16.7. The molecule has 0 heterocycles. The molecule has 30 heavy (non-hydrogen) atoms. The Kier molecular flexibility index (Phi) is 6.07. The molecule has 0 atom stereocenters. The normalized spacial score (nSPS) is 11.1. The molecule has 0 saturated carbocycles. The third-order valence-corrected chi connectivity index (χ3v) is 6.40. The van der Waals surface area contributed by atoms with Crippen molar-refractivity contribution in [3.63, 3.8) is 0 Å². The highest BCUT2D eigenvalue weighted by molar-refractivity contribution is 7.92. The van der Waals surface area contributed by atoms with Crippen LogP contribution in [0.3, 0.4) is 0 Å². The standard InChI is InChI=1S/C22H21FN2O4S/c1-15-14-16(22(26)24-18-7-5-17(23)6-8-18)4-13-21(15)25(2)30(27,28)20-11-9-19(29-3)10-12-20/h4-14H,1-3H3,(H,24,26). The van der Waals surface area contributed by atoms with Crippen LogP contribution in [0.1, 0.15) is 15.9 Å². The van der Waals surface area contributed by atoms with Gasteiger partial charge in [0.1, 0.15) is 11.6 Å². The van der Waals surface area contributed by atoms with Crippen LogP contribution in [0.5, 0.6) is 5.75 Å². The quantitative estimate of drug-likeness (QED) is 0.638. The Bertz CT molecular complexity index is 1160. The number of methoxy groups -OCH3 is 1. The summed E-state index contributed by atoms with van der Waals surface area (Å²) in [7, 11) is -0.818. The molecule has 0 spiro atoms. The first-order chi connectivity index (χ1) is 14.2. The lowest BCUT2D eigenvalue weighted by atomic mass is 10.1. The monoisotopic (exact) mass is 428 g/mol. The van der Waals surface area contributed by atoms with Crippen LogP contribution < -0.4 is 14.4 Å². The molecule has 3 aromatic carbocycles. The zero-order valence-corrected chi connectivity index (χ0v) is 17.5. The first-order valence-corrected chi connectivity index (χ1v) is 10.5. The fraction of sp³-hybridized carbons (Fsp3) is 0.136. The summed E-state index contributed by atoms with van der Waals surface area (Å²) in [4.78, 5) is 12.6. The summed E-state index contributed by atoms with van der Waals surface area (Å²) in [5.74, 6) is -0.212. The van der Waals surface area contributed by atoms with E-state index in [-0.39, 0.29) is 10.8 Å². The fourth-order valence-corrected chi connectivity index (χ4v) is 4.18.